The maximum absolute atomic E-state index is 14.8. The lowest BCUT2D eigenvalue weighted by molar-refractivity contribution is -0.127. The molecule has 0 aliphatic carbocycles. The highest BCUT2D eigenvalue weighted by Crippen LogP contribution is 2.51. The molecule has 2 amide bonds. The number of ether oxygens (including phenoxy) is 1. The number of nitrogens with one attached hydrogen (secondary N) is 1. The summed E-state index contributed by atoms with van der Waals surface area (Å²) in [6.07, 6.45) is 11.9. The molecule has 64 heavy (non-hydrogen) atoms. The number of allylic oxidation sites excluding steroid dienone is 2. The highest BCUT2D eigenvalue weighted by molar-refractivity contribution is 8.23. The van der Waals surface area contributed by atoms with Crippen LogP contribution in [0.5, 0.6) is 11.5 Å². The number of hydrogen-bond acceptors (Lipinski definition) is 9. The maximum atomic E-state index is 14.8. The van der Waals surface area contributed by atoms with E-state index in [9.17, 15) is 17.4 Å². The van der Waals surface area contributed by atoms with Crippen LogP contribution in [0.2, 0.25) is 0 Å². The number of amides is 2. The number of aryl methyl sites for hydroxylation is 2. The van der Waals surface area contributed by atoms with Crippen LogP contribution < -0.4 is 10.1 Å². The fraction of sp³-hybridized carbons (Fsp3) is 0.375. The molecule has 6 heterocycles. The molecule has 0 spiro atoms. The summed E-state index contributed by atoms with van der Waals surface area (Å²) in [6, 6.07) is 20.9. The van der Waals surface area contributed by atoms with Crippen LogP contribution >= 0.6 is 11.0 Å². The molecule has 5 aromatic rings. The third-order valence-corrected chi connectivity index (χ3v) is 13.0. The molecule has 2 saturated heterocycles. The van der Waals surface area contributed by atoms with Gasteiger partial charge in [0.1, 0.15) is 34.5 Å². The summed E-state index contributed by atoms with van der Waals surface area (Å²) in [6.45, 7) is 12.2. The zero-order valence-corrected chi connectivity index (χ0v) is 37.7. The third-order valence-electron chi connectivity index (χ3n) is 12.0. The van der Waals surface area contributed by atoms with Crippen LogP contribution in [0.4, 0.5) is 7.77 Å². The van der Waals surface area contributed by atoms with E-state index in [2.05, 4.69) is 30.1 Å². The zero-order chi connectivity index (χ0) is 44.8. The molecule has 1 N–H and O–H groups in total. The van der Waals surface area contributed by atoms with E-state index in [0.29, 0.717) is 49.8 Å². The minimum Gasteiger partial charge on any atom is -0.457 e. The van der Waals surface area contributed by atoms with Crippen molar-refractivity contribution >= 4 is 45.6 Å². The highest BCUT2D eigenvalue weighted by atomic mass is 32.3. The summed E-state index contributed by atoms with van der Waals surface area (Å²) in [7, 11) is -4.10. The number of hydrogen-bond donors (Lipinski definition) is 1. The number of piperazine rings is 1. The van der Waals surface area contributed by atoms with E-state index < -0.39 is 11.0 Å². The second-order valence-corrected chi connectivity index (χ2v) is 18.4. The fourth-order valence-electron chi connectivity index (χ4n) is 8.67. The molecule has 336 valence electrons. The minimum absolute atomic E-state index is 0.00687. The predicted molar refractivity (Wildman–Crippen MR) is 251 cm³/mol. The van der Waals surface area contributed by atoms with Gasteiger partial charge in [-0.2, -0.15) is 5.10 Å². The van der Waals surface area contributed by atoms with Crippen molar-refractivity contribution in [2.24, 2.45) is 4.99 Å². The smallest absolute Gasteiger partial charge is 0.246 e. The molecule has 0 radical (unpaired) electrons. The number of halogens is 2. The second kappa shape index (κ2) is 19.8. The molecule has 3 aliphatic heterocycles. The first kappa shape index (κ1) is 44.6. The average molecular weight is 891 g/mol. The van der Waals surface area contributed by atoms with E-state index in [4.69, 9.17) is 9.84 Å². The second-order valence-electron chi connectivity index (χ2n) is 16.7. The quantitative estimate of drug-likeness (QED) is 0.104. The van der Waals surface area contributed by atoms with Gasteiger partial charge in [0, 0.05) is 94.6 Å². The van der Waals surface area contributed by atoms with Crippen LogP contribution in [0.15, 0.2) is 108 Å². The Balaban J connectivity index is 0.780. The van der Waals surface area contributed by atoms with Gasteiger partial charge in [0.2, 0.25) is 11.8 Å². The number of carbonyl (C=O) groups is 2. The summed E-state index contributed by atoms with van der Waals surface area (Å²) < 4.78 is 38.7. The number of benzene rings is 2. The number of aliphatic imine (C=N–C) groups is 1. The van der Waals surface area contributed by atoms with Crippen molar-refractivity contribution in [3.63, 3.8) is 0 Å². The minimum atomic E-state index is -4.10. The topological polar surface area (TPSA) is 126 Å². The molecule has 0 bridgehead atoms. The average Bonchev–Trinajstić information content (AvgIpc) is 3.98. The Morgan fingerprint density at radius 3 is 2.41 bits per heavy atom. The van der Waals surface area contributed by atoms with Crippen molar-refractivity contribution in [2.45, 2.75) is 52.5 Å². The Hall–Kier alpha value is -5.97. The van der Waals surface area contributed by atoms with Crippen LogP contribution in [0.1, 0.15) is 56.2 Å². The van der Waals surface area contributed by atoms with Crippen LogP contribution in [0.3, 0.4) is 0 Å². The predicted octanol–water partition coefficient (Wildman–Crippen LogP) is 8.21. The number of likely N-dealkylation sites (tertiary alicyclic amines) is 1. The Kier molecular flexibility index (Phi) is 13.8. The monoisotopic (exact) mass is 890 g/mol. The molecule has 16 heteroatoms. The van der Waals surface area contributed by atoms with Crippen molar-refractivity contribution in [1.29, 1.82) is 0 Å². The van der Waals surface area contributed by atoms with Crippen LogP contribution in [-0.4, -0.2) is 121 Å². The molecule has 2 fully saturated rings. The summed E-state index contributed by atoms with van der Waals surface area (Å²) >= 11 is 0. The van der Waals surface area contributed by atoms with Crippen molar-refractivity contribution in [3.05, 3.63) is 120 Å². The molecule has 3 aliphatic rings. The SMILES string of the molecule is CC1=CC(C)=N/C1=C\c1ccc(CCC(=O)NCCN2CCN(C/C=C/C(=O)N3CCC[C@@H](n4nc(-c5ccc(Oc6ccccc6)cc5)c5c(C)ncnc54)C3)CC2)n1S(C)(F)F. The molecule has 8 rings (SSSR count). The number of fused-ring (bicyclic) bond motifs is 1. The van der Waals surface area contributed by atoms with Gasteiger partial charge in [-0.1, -0.05) is 24.3 Å². The van der Waals surface area contributed by atoms with Gasteiger partial charge in [0.25, 0.3) is 0 Å². The molecule has 0 saturated carbocycles. The van der Waals surface area contributed by atoms with Crippen LogP contribution in [-0.2, 0) is 16.0 Å². The van der Waals surface area contributed by atoms with Crippen molar-refractivity contribution in [2.75, 3.05) is 65.2 Å². The Morgan fingerprint density at radius 2 is 1.67 bits per heavy atom. The molecule has 3 aromatic heterocycles. The van der Waals surface area contributed by atoms with E-state index in [1.807, 2.05) is 97.1 Å². The van der Waals surface area contributed by atoms with Crippen molar-refractivity contribution in [3.8, 4) is 22.8 Å². The molecule has 2 aromatic carbocycles. The molecule has 1 atom stereocenters. The lowest BCUT2D eigenvalue weighted by Gasteiger charge is -2.34. The number of carbonyl (C=O) groups excluding carboxylic acids is 2. The first-order chi connectivity index (χ1) is 30.9. The molecular formula is C48H56F2N10O3S. The summed E-state index contributed by atoms with van der Waals surface area (Å²) in [5.74, 6) is 1.34. The Bertz CT molecular complexity index is 2590. The molecule has 13 nitrogen and oxygen atoms in total. The highest BCUT2D eigenvalue weighted by Gasteiger charge is 2.29. The van der Waals surface area contributed by atoms with Crippen molar-refractivity contribution in [1.82, 2.24) is 43.7 Å². The number of piperidine rings is 1. The van der Waals surface area contributed by atoms with E-state index in [-0.39, 0.29) is 30.7 Å². The van der Waals surface area contributed by atoms with Crippen molar-refractivity contribution < 1.29 is 22.1 Å². The number of rotatable bonds is 15. The lowest BCUT2D eigenvalue weighted by atomic mass is 10.1. The maximum Gasteiger partial charge on any atom is 0.246 e. The Morgan fingerprint density at radius 1 is 0.922 bits per heavy atom. The Labute approximate surface area is 375 Å². The largest absolute Gasteiger partial charge is 0.457 e. The van der Waals surface area contributed by atoms with E-state index in [1.165, 1.54) is 0 Å². The van der Waals surface area contributed by atoms with E-state index >= 15 is 0 Å². The lowest BCUT2D eigenvalue weighted by Crippen LogP contribution is -2.48. The van der Waals surface area contributed by atoms with Gasteiger partial charge in [-0.15, -0.1) is 7.77 Å². The van der Waals surface area contributed by atoms with Gasteiger partial charge >= 0.3 is 0 Å². The van der Waals surface area contributed by atoms with Gasteiger partial charge in [-0.25, -0.2) is 14.6 Å². The molecule has 0 unspecified atom stereocenters. The summed E-state index contributed by atoms with van der Waals surface area (Å²) in [4.78, 5) is 46.4. The number of aromatic nitrogens is 5. The zero-order valence-electron chi connectivity index (χ0n) is 36.9. The van der Waals surface area contributed by atoms with E-state index in [0.717, 1.165) is 100 Å². The molecular weight excluding hydrogens is 835 g/mol. The first-order valence-corrected chi connectivity index (χ1v) is 23.7. The third kappa shape index (κ3) is 10.7. The van der Waals surface area contributed by atoms with Gasteiger partial charge in [0.15, 0.2) is 5.65 Å². The summed E-state index contributed by atoms with van der Waals surface area (Å²) in [5, 5.41) is 8.99. The fourth-order valence-corrected chi connectivity index (χ4v) is 9.72. The van der Waals surface area contributed by atoms with Crippen LogP contribution in [0.25, 0.3) is 28.4 Å². The van der Waals surface area contributed by atoms with Gasteiger partial charge in [-0.3, -0.25) is 28.4 Å². The van der Waals surface area contributed by atoms with Gasteiger partial charge in [0.05, 0.1) is 28.5 Å². The van der Waals surface area contributed by atoms with Crippen LogP contribution in [0, 0.1) is 6.92 Å². The van der Waals surface area contributed by atoms with Gasteiger partial charge in [-0.05, 0) is 106 Å². The van der Waals surface area contributed by atoms with E-state index in [1.54, 1.807) is 30.6 Å². The number of para-hydroxylation sites is 1. The standard InChI is InChI=1S/C48H56F2N10O3S/c1-34-30-35(2)54-43(34)31-39-17-16-38(60(39)64(4,49)50)18-21-44(61)51-22-25-57-28-26-56(27-29-57)23-9-13-45(62)58-24-8-10-40(32-58)59-48-46(36(3)52-33-53-48)47(55-59)37-14-19-42(20-15-37)63-41-11-6-5-7-12-41/h5-7,9,11-17,19-20,30-31,33,40H,8,10,18,21-29,32H2,1-4H3,(H,51,61)/b13-9+,43-31-/t40-/m1/s1. The first-order valence-electron chi connectivity index (χ1n) is 21.9. The summed E-state index contributed by atoms with van der Waals surface area (Å²) in [5.41, 5.74) is 6.64. The number of nitrogens with zero attached hydrogens (tertiary/aromatic N) is 9. The van der Waals surface area contributed by atoms with Gasteiger partial charge < -0.3 is 15.0 Å². The normalized spacial score (nSPS) is 18.5.